The number of hydrogen-bond acceptors (Lipinski definition) is 6. The lowest BCUT2D eigenvalue weighted by Crippen LogP contribution is -2.49. The molecule has 1 aliphatic carbocycles. The van der Waals surface area contributed by atoms with E-state index >= 15 is 0 Å². The van der Waals surface area contributed by atoms with Crippen molar-refractivity contribution in [3.8, 4) is 11.5 Å². The van der Waals surface area contributed by atoms with E-state index in [1.54, 1.807) is 40.6 Å². The number of amidine groups is 1. The lowest BCUT2D eigenvalue weighted by molar-refractivity contribution is -0.138. The van der Waals surface area contributed by atoms with E-state index in [0.717, 1.165) is 17.7 Å². The maximum absolute atomic E-state index is 13.6. The normalized spacial score (nSPS) is 19.3. The molecule has 1 aliphatic heterocycles. The van der Waals surface area contributed by atoms with Gasteiger partial charge in [0.2, 0.25) is 11.8 Å². The molecule has 3 atom stereocenters. The topological polar surface area (TPSA) is 138 Å². The van der Waals surface area contributed by atoms with E-state index in [1.165, 1.54) is 54.9 Å². The zero-order chi connectivity index (χ0) is 31.2. The molecule has 2 heterocycles. The number of nitrogen functional groups attached to an aromatic ring is 1. The Morgan fingerprint density at radius 2 is 1.68 bits per heavy atom. The number of amides is 3. The predicted molar refractivity (Wildman–Crippen MR) is 167 cm³/mol. The summed E-state index contributed by atoms with van der Waals surface area (Å²) >= 11 is 1.43. The minimum atomic E-state index is -0.621. The van der Waals surface area contributed by atoms with E-state index < -0.39 is 11.9 Å². The molecule has 1 saturated heterocycles. The molecule has 3 amide bonds. The van der Waals surface area contributed by atoms with Crippen LogP contribution in [0.3, 0.4) is 0 Å². The van der Waals surface area contributed by atoms with Crippen LogP contribution in [0.25, 0.3) is 0 Å². The van der Waals surface area contributed by atoms with Crippen LogP contribution in [0.2, 0.25) is 0 Å². The first kappa shape index (κ1) is 31.2. The van der Waals surface area contributed by atoms with Crippen LogP contribution in [0, 0.1) is 23.1 Å². The van der Waals surface area contributed by atoms with Gasteiger partial charge in [-0.25, -0.2) is 4.39 Å². The van der Waals surface area contributed by atoms with E-state index in [1.807, 2.05) is 6.92 Å². The first-order valence-corrected chi connectivity index (χ1v) is 15.9. The minimum Gasteiger partial charge on any atom is -0.457 e. The van der Waals surface area contributed by atoms with Gasteiger partial charge in [0.1, 0.15) is 29.2 Å². The molecular formula is C33H38FN5O4S. The maximum Gasteiger partial charge on any atom is 0.251 e. The van der Waals surface area contributed by atoms with Crippen LogP contribution in [0.5, 0.6) is 11.5 Å². The van der Waals surface area contributed by atoms with Crippen molar-refractivity contribution in [2.45, 2.75) is 57.5 Å². The molecule has 2 fully saturated rings. The smallest absolute Gasteiger partial charge is 0.251 e. The largest absolute Gasteiger partial charge is 0.457 e. The summed E-state index contributed by atoms with van der Waals surface area (Å²) in [7, 11) is 0. The number of nitrogens with two attached hydrogens (primary N) is 1. The van der Waals surface area contributed by atoms with Gasteiger partial charge in [-0.3, -0.25) is 19.8 Å². The van der Waals surface area contributed by atoms with Gasteiger partial charge in [-0.2, -0.15) is 0 Å². The highest BCUT2D eigenvalue weighted by Crippen LogP contribution is 2.38. The standard InChI is InChI=1S/C33H38FN5O4S/c1-20(29-16-24(19-44-29)31(35)36)38-33(42)28-15-23(21-5-3-2-4-6-21)18-39(28)30(40)17-37-32(41)22-7-11-26(12-8-22)43-27-13-9-25(34)10-14-27/h7-14,16,19-21,23,28H,2-6,15,17-18H2,1H3,(H3,35,36)(H,37,41)(H,38,42)/t20?,23-,28-/m0/s1. The number of benzene rings is 2. The van der Waals surface area contributed by atoms with Gasteiger partial charge in [-0.15, -0.1) is 11.3 Å². The first-order chi connectivity index (χ1) is 21.2. The average Bonchev–Trinajstić information content (AvgIpc) is 3.71. The number of carbonyl (C=O) groups is 3. The summed E-state index contributed by atoms with van der Waals surface area (Å²) in [5.74, 6) is 0.361. The van der Waals surface area contributed by atoms with E-state index in [0.29, 0.717) is 41.5 Å². The Bertz CT molecular complexity index is 1490. The summed E-state index contributed by atoms with van der Waals surface area (Å²) < 4.78 is 18.8. The molecule has 5 rings (SSSR count). The van der Waals surface area contributed by atoms with Gasteiger partial charge in [-0.1, -0.05) is 32.1 Å². The molecule has 2 aliphatic rings. The number of likely N-dealkylation sites (tertiary alicyclic amines) is 1. The Labute approximate surface area is 260 Å². The number of carbonyl (C=O) groups excluding carboxylic acids is 3. The van der Waals surface area contributed by atoms with Crippen LogP contribution < -0.4 is 21.1 Å². The Morgan fingerprint density at radius 3 is 2.32 bits per heavy atom. The molecule has 1 unspecified atom stereocenters. The molecule has 11 heteroatoms. The molecule has 9 nitrogen and oxygen atoms in total. The third-order valence-electron chi connectivity index (χ3n) is 8.56. The highest BCUT2D eigenvalue weighted by molar-refractivity contribution is 7.10. The van der Waals surface area contributed by atoms with Crippen molar-refractivity contribution < 1.29 is 23.5 Å². The van der Waals surface area contributed by atoms with Gasteiger partial charge in [0.15, 0.2) is 0 Å². The molecule has 0 bridgehead atoms. The second-order valence-electron chi connectivity index (χ2n) is 11.6. The van der Waals surface area contributed by atoms with Gasteiger partial charge < -0.3 is 26.0 Å². The minimum absolute atomic E-state index is 0.0229. The van der Waals surface area contributed by atoms with Gasteiger partial charge in [0.05, 0.1) is 12.6 Å². The second kappa shape index (κ2) is 14.0. The van der Waals surface area contributed by atoms with Crippen molar-refractivity contribution in [2.75, 3.05) is 13.1 Å². The third kappa shape index (κ3) is 7.63. The lowest BCUT2D eigenvalue weighted by Gasteiger charge is -2.27. The Kier molecular flexibility index (Phi) is 9.94. The summed E-state index contributed by atoms with van der Waals surface area (Å²) in [6.45, 7) is 2.15. The quantitative estimate of drug-likeness (QED) is 0.179. The van der Waals surface area contributed by atoms with Gasteiger partial charge in [0.25, 0.3) is 5.91 Å². The van der Waals surface area contributed by atoms with Crippen LogP contribution in [-0.2, 0) is 9.59 Å². The van der Waals surface area contributed by atoms with Crippen LogP contribution >= 0.6 is 11.3 Å². The highest BCUT2D eigenvalue weighted by Gasteiger charge is 2.42. The van der Waals surface area contributed by atoms with Crippen molar-refractivity contribution in [3.05, 3.63) is 81.8 Å². The summed E-state index contributed by atoms with van der Waals surface area (Å²) in [6, 6.07) is 12.9. The molecule has 2 aromatic carbocycles. The Morgan fingerprint density at radius 1 is 1.02 bits per heavy atom. The van der Waals surface area contributed by atoms with Crippen molar-refractivity contribution >= 4 is 34.9 Å². The van der Waals surface area contributed by atoms with Gasteiger partial charge in [0, 0.05) is 27.9 Å². The molecule has 232 valence electrons. The zero-order valence-electron chi connectivity index (χ0n) is 24.7. The SMILES string of the molecule is CC(NC(=O)[C@@H]1C[C@H](C2CCCCC2)CN1C(=O)CNC(=O)c1ccc(Oc2ccc(F)cc2)cc1)c1cc(C(=N)N)cs1. The van der Waals surface area contributed by atoms with E-state index in [9.17, 15) is 18.8 Å². The Balaban J connectivity index is 1.21. The monoisotopic (exact) mass is 619 g/mol. The van der Waals surface area contributed by atoms with E-state index in [4.69, 9.17) is 15.9 Å². The number of nitrogens with zero attached hydrogens (tertiary/aromatic N) is 1. The average molecular weight is 620 g/mol. The number of halogens is 1. The molecule has 3 aromatic rings. The molecule has 1 saturated carbocycles. The molecular weight excluding hydrogens is 581 g/mol. The number of thiophene rings is 1. The van der Waals surface area contributed by atoms with Crippen LogP contribution in [0.4, 0.5) is 4.39 Å². The van der Waals surface area contributed by atoms with Crippen LogP contribution in [0.15, 0.2) is 60.0 Å². The fraction of sp³-hybridized carbons (Fsp3) is 0.394. The van der Waals surface area contributed by atoms with Crippen molar-refractivity contribution in [3.63, 3.8) is 0 Å². The van der Waals surface area contributed by atoms with E-state index in [2.05, 4.69) is 10.6 Å². The summed E-state index contributed by atoms with van der Waals surface area (Å²) in [5, 5.41) is 15.2. The predicted octanol–water partition coefficient (Wildman–Crippen LogP) is 5.37. The Hall–Kier alpha value is -4.25. The van der Waals surface area contributed by atoms with Crippen molar-refractivity contribution in [2.24, 2.45) is 17.6 Å². The summed E-state index contributed by atoms with van der Waals surface area (Å²) in [4.78, 5) is 42.5. The van der Waals surface area contributed by atoms with E-state index in [-0.39, 0.29) is 42.0 Å². The van der Waals surface area contributed by atoms with Gasteiger partial charge >= 0.3 is 0 Å². The lowest BCUT2D eigenvalue weighted by atomic mass is 9.79. The number of hydrogen-bond donors (Lipinski definition) is 4. The number of rotatable bonds is 10. The number of nitrogens with one attached hydrogen (secondary N) is 3. The zero-order valence-corrected chi connectivity index (χ0v) is 25.5. The van der Waals surface area contributed by atoms with Crippen molar-refractivity contribution in [1.82, 2.24) is 15.5 Å². The second-order valence-corrected chi connectivity index (χ2v) is 12.5. The fourth-order valence-electron chi connectivity index (χ4n) is 6.11. The molecule has 0 spiro atoms. The van der Waals surface area contributed by atoms with Crippen LogP contribution in [-0.4, -0.2) is 47.6 Å². The summed E-state index contributed by atoms with van der Waals surface area (Å²) in [6.07, 6.45) is 6.38. The fourth-order valence-corrected chi connectivity index (χ4v) is 7.03. The third-order valence-corrected chi connectivity index (χ3v) is 9.67. The van der Waals surface area contributed by atoms with Crippen LogP contribution in [0.1, 0.15) is 72.3 Å². The number of ether oxygens (including phenoxy) is 1. The highest BCUT2D eigenvalue weighted by atomic mass is 32.1. The molecule has 44 heavy (non-hydrogen) atoms. The maximum atomic E-state index is 13.6. The summed E-state index contributed by atoms with van der Waals surface area (Å²) in [5.41, 5.74) is 6.58. The molecule has 0 radical (unpaired) electrons. The van der Waals surface area contributed by atoms with Gasteiger partial charge in [-0.05, 0) is 79.8 Å². The first-order valence-electron chi connectivity index (χ1n) is 15.0. The van der Waals surface area contributed by atoms with Crippen molar-refractivity contribution in [1.29, 1.82) is 5.41 Å². The molecule has 5 N–H and O–H groups in total. The molecule has 1 aromatic heterocycles.